The zero-order valence-corrected chi connectivity index (χ0v) is 13.9. The number of rotatable bonds is 4. The Hall–Kier alpha value is -2.51. The maximum atomic E-state index is 12.3. The summed E-state index contributed by atoms with van der Waals surface area (Å²) < 4.78 is 2.60. The molecule has 8 heteroatoms. The highest BCUT2D eigenvalue weighted by Gasteiger charge is 2.28. The number of carbonyl (C=O) groups is 1. The highest BCUT2D eigenvalue weighted by Crippen LogP contribution is 2.29. The Morgan fingerprint density at radius 2 is 2.17 bits per heavy atom. The zero-order chi connectivity index (χ0) is 17.1. The molecule has 8 nitrogen and oxygen atoms in total. The molecule has 1 amide bonds. The van der Waals surface area contributed by atoms with E-state index in [1.54, 1.807) is 6.07 Å². The summed E-state index contributed by atoms with van der Waals surface area (Å²) in [6.45, 7) is 4.29. The van der Waals surface area contributed by atoms with Gasteiger partial charge in [-0.25, -0.2) is 14.3 Å². The van der Waals surface area contributed by atoms with Gasteiger partial charge in [0.2, 0.25) is 5.91 Å². The second-order valence-corrected chi connectivity index (χ2v) is 6.47. The normalized spacial score (nSPS) is 23.8. The lowest BCUT2D eigenvalue weighted by atomic mass is 9.78. The van der Waals surface area contributed by atoms with Gasteiger partial charge in [-0.1, -0.05) is 26.7 Å². The fourth-order valence-electron chi connectivity index (χ4n) is 3.17. The van der Waals surface area contributed by atoms with Crippen molar-refractivity contribution in [3.63, 3.8) is 0 Å². The van der Waals surface area contributed by atoms with Gasteiger partial charge in [0.1, 0.15) is 19.2 Å². The first-order valence-corrected chi connectivity index (χ1v) is 8.27. The van der Waals surface area contributed by atoms with Crippen LogP contribution < -0.4 is 10.9 Å². The maximum Gasteiger partial charge on any atom is 0.267 e. The van der Waals surface area contributed by atoms with Crippen molar-refractivity contribution in [2.24, 2.45) is 11.8 Å². The molecule has 0 radical (unpaired) electrons. The Morgan fingerprint density at radius 3 is 2.92 bits per heavy atom. The highest BCUT2D eigenvalue weighted by molar-refractivity contribution is 5.76. The SMILES string of the molecule is C[C@@H]1[C@H](C)CCC[C@@H]1NC(=O)Cn1nc(-n2cncn2)ccc1=O. The van der Waals surface area contributed by atoms with E-state index in [0.29, 0.717) is 17.7 Å². The van der Waals surface area contributed by atoms with Crippen LogP contribution in [0.2, 0.25) is 0 Å². The minimum absolute atomic E-state index is 0.0982. The lowest BCUT2D eigenvalue weighted by Crippen LogP contribution is -2.45. The van der Waals surface area contributed by atoms with Gasteiger partial charge in [0.05, 0.1) is 0 Å². The Balaban J connectivity index is 1.70. The van der Waals surface area contributed by atoms with E-state index in [9.17, 15) is 9.59 Å². The number of carbonyl (C=O) groups excluding carboxylic acids is 1. The topological polar surface area (TPSA) is 94.7 Å². The third-order valence-electron chi connectivity index (χ3n) is 4.85. The summed E-state index contributed by atoms with van der Waals surface area (Å²) in [5.41, 5.74) is -0.320. The quantitative estimate of drug-likeness (QED) is 0.893. The van der Waals surface area contributed by atoms with Crippen molar-refractivity contribution in [2.75, 3.05) is 0 Å². The summed E-state index contributed by atoms with van der Waals surface area (Å²) in [6, 6.07) is 3.09. The molecule has 2 aromatic rings. The van der Waals surface area contributed by atoms with Crippen LogP contribution in [-0.2, 0) is 11.3 Å². The number of hydrogen-bond donors (Lipinski definition) is 1. The molecule has 0 bridgehead atoms. The van der Waals surface area contributed by atoms with Gasteiger partial charge in [0.25, 0.3) is 5.56 Å². The Kier molecular flexibility index (Phi) is 4.73. The second-order valence-electron chi connectivity index (χ2n) is 6.47. The molecule has 1 N–H and O–H groups in total. The van der Waals surface area contributed by atoms with Crippen molar-refractivity contribution in [1.29, 1.82) is 0 Å². The molecule has 24 heavy (non-hydrogen) atoms. The van der Waals surface area contributed by atoms with E-state index in [0.717, 1.165) is 17.5 Å². The summed E-state index contributed by atoms with van der Waals surface area (Å²) >= 11 is 0. The van der Waals surface area contributed by atoms with Gasteiger partial charge in [-0.15, -0.1) is 5.10 Å². The second kappa shape index (κ2) is 6.94. The van der Waals surface area contributed by atoms with Crippen molar-refractivity contribution in [3.05, 3.63) is 35.1 Å². The highest BCUT2D eigenvalue weighted by atomic mass is 16.2. The van der Waals surface area contributed by atoms with Gasteiger partial charge in [0, 0.05) is 12.1 Å². The molecular formula is C16H22N6O2. The molecule has 2 heterocycles. The number of nitrogens with one attached hydrogen (secondary N) is 1. The third-order valence-corrected chi connectivity index (χ3v) is 4.85. The van der Waals surface area contributed by atoms with E-state index < -0.39 is 0 Å². The van der Waals surface area contributed by atoms with Crippen LogP contribution in [0.3, 0.4) is 0 Å². The molecular weight excluding hydrogens is 308 g/mol. The van der Waals surface area contributed by atoms with Crippen molar-refractivity contribution in [2.45, 2.75) is 45.7 Å². The van der Waals surface area contributed by atoms with E-state index in [1.165, 1.54) is 29.8 Å². The fourth-order valence-corrected chi connectivity index (χ4v) is 3.17. The van der Waals surface area contributed by atoms with E-state index in [-0.39, 0.29) is 24.1 Å². The fraction of sp³-hybridized carbons (Fsp3) is 0.562. The number of aromatic nitrogens is 5. The number of hydrogen-bond acceptors (Lipinski definition) is 5. The molecule has 128 valence electrons. The molecule has 0 aliphatic heterocycles. The predicted molar refractivity (Wildman–Crippen MR) is 87.5 cm³/mol. The molecule has 1 fully saturated rings. The summed E-state index contributed by atoms with van der Waals surface area (Å²) in [5, 5.41) is 11.2. The van der Waals surface area contributed by atoms with Crippen LogP contribution in [0.15, 0.2) is 29.6 Å². The molecule has 0 aromatic carbocycles. The first-order valence-electron chi connectivity index (χ1n) is 8.27. The molecule has 1 saturated carbocycles. The van der Waals surface area contributed by atoms with Crippen LogP contribution in [0.5, 0.6) is 0 Å². The van der Waals surface area contributed by atoms with Gasteiger partial charge in [0.15, 0.2) is 5.82 Å². The molecule has 1 aliphatic rings. The molecule has 3 atom stereocenters. The standard InChI is InChI=1S/C16H22N6O2/c1-11-4-3-5-13(12(11)2)19-15(23)8-21-16(24)7-6-14(20-21)22-10-17-9-18-22/h6-7,9-13H,3-5,8H2,1-2H3,(H,19,23)/t11-,12-,13+/m1/s1. The van der Waals surface area contributed by atoms with Crippen LogP contribution in [0.1, 0.15) is 33.1 Å². The maximum absolute atomic E-state index is 12.3. The van der Waals surface area contributed by atoms with E-state index >= 15 is 0 Å². The van der Waals surface area contributed by atoms with Crippen LogP contribution in [0.25, 0.3) is 5.82 Å². The largest absolute Gasteiger partial charge is 0.351 e. The Morgan fingerprint density at radius 1 is 1.33 bits per heavy atom. The first-order chi connectivity index (χ1) is 11.5. The average molecular weight is 330 g/mol. The van der Waals surface area contributed by atoms with Gasteiger partial charge in [-0.2, -0.15) is 5.10 Å². The van der Waals surface area contributed by atoms with Crippen LogP contribution in [-0.4, -0.2) is 36.5 Å². The Bertz CT molecular complexity index is 754. The van der Waals surface area contributed by atoms with Crippen molar-refractivity contribution in [3.8, 4) is 5.82 Å². The molecule has 3 rings (SSSR count). The average Bonchev–Trinajstić information content (AvgIpc) is 3.08. The van der Waals surface area contributed by atoms with Gasteiger partial charge >= 0.3 is 0 Å². The minimum Gasteiger partial charge on any atom is -0.351 e. The lowest BCUT2D eigenvalue weighted by Gasteiger charge is -2.34. The van der Waals surface area contributed by atoms with Crippen molar-refractivity contribution in [1.82, 2.24) is 29.9 Å². The van der Waals surface area contributed by atoms with Crippen molar-refractivity contribution >= 4 is 5.91 Å². The lowest BCUT2D eigenvalue weighted by molar-refractivity contribution is -0.123. The van der Waals surface area contributed by atoms with Crippen LogP contribution >= 0.6 is 0 Å². The monoisotopic (exact) mass is 330 g/mol. The minimum atomic E-state index is -0.320. The number of amides is 1. The summed E-state index contributed by atoms with van der Waals surface area (Å²) in [5.74, 6) is 1.29. The van der Waals surface area contributed by atoms with Crippen LogP contribution in [0.4, 0.5) is 0 Å². The smallest absolute Gasteiger partial charge is 0.267 e. The Labute approximate surface area is 139 Å². The van der Waals surface area contributed by atoms with Gasteiger partial charge < -0.3 is 5.32 Å². The first kappa shape index (κ1) is 16.4. The van der Waals surface area contributed by atoms with Gasteiger partial charge in [-0.3, -0.25) is 9.59 Å². The molecule has 2 aromatic heterocycles. The third kappa shape index (κ3) is 3.52. The van der Waals surface area contributed by atoms with Crippen molar-refractivity contribution < 1.29 is 4.79 Å². The summed E-state index contributed by atoms with van der Waals surface area (Å²) in [6.07, 6.45) is 6.18. The van der Waals surface area contributed by atoms with E-state index in [4.69, 9.17) is 0 Å². The molecule has 0 saturated heterocycles. The zero-order valence-electron chi connectivity index (χ0n) is 13.9. The van der Waals surface area contributed by atoms with E-state index in [2.05, 4.69) is 34.3 Å². The van der Waals surface area contributed by atoms with Crippen LogP contribution in [0, 0.1) is 11.8 Å². The molecule has 1 aliphatic carbocycles. The van der Waals surface area contributed by atoms with Gasteiger partial charge in [-0.05, 0) is 24.3 Å². The summed E-state index contributed by atoms with van der Waals surface area (Å²) in [7, 11) is 0. The summed E-state index contributed by atoms with van der Waals surface area (Å²) in [4.78, 5) is 28.1. The van der Waals surface area contributed by atoms with E-state index in [1.807, 2.05) is 0 Å². The molecule has 0 spiro atoms. The number of nitrogens with zero attached hydrogens (tertiary/aromatic N) is 5. The predicted octanol–water partition coefficient (Wildman–Crippen LogP) is 0.765. The molecule has 0 unspecified atom stereocenters.